The molecule has 1 saturated carbocycles. The van der Waals surface area contributed by atoms with Gasteiger partial charge in [-0.2, -0.15) is 0 Å². The summed E-state index contributed by atoms with van der Waals surface area (Å²) in [5.41, 5.74) is -0.0948. The van der Waals surface area contributed by atoms with Gasteiger partial charge in [-0.25, -0.2) is 13.7 Å². The first kappa shape index (κ1) is 12.9. The first-order valence-corrected chi connectivity index (χ1v) is 7.56. The molecule has 0 aromatic heterocycles. The van der Waals surface area contributed by atoms with Crippen molar-refractivity contribution in [2.24, 2.45) is 9.50 Å². The van der Waals surface area contributed by atoms with Crippen LogP contribution in [0.1, 0.15) is 39.5 Å². The molecule has 0 radical (unpaired) electrons. The molecule has 0 heterocycles. The van der Waals surface area contributed by atoms with Gasteiger partial charge in [-0.1, -0.05) is 13.8 Å². The lowest BCUT2D eigenvalue weighted by Crippen LogP contribution is -2.40. The molecule has 1 rings (SSSR count). The second-order valence-corrected chi connectivity index (χ2v) is 6.79. The lowest BCUT2D eigenvalue weighted by atomic mass is 9.75. The molecule has 1 atom stereocenters. The maximum Gasteiger partial charge on any atom is 0.102 e. The first-order chi connectivity index (χ1) is 6.83. The number of nitrogens with two attached hydrogens (primary N) is 1. The fourth-order valence-electron chi connectivity index (χ4n) is 1.95. The highest BCUT2D eigenvalue weighted by Crippen LogP contribution is 2.39. The van der Waals surface area contributed by atoms with E-state index in [1.165, 1.54) is 12.7 Å². The van der Waals surface area contributed by atoms with Crippen molar-refractivity contribution in [2.45, 2.75) is 51.1 Å². The van der Waals surface area contributed by atoms with Crippen molar-refractivity contribution in [3.8, 4) is 0 Å². The molecule has 0 bridgehead atoms. The summed E-state index contributed by atoms with van der Waals surface area (Å²) in [6.07, 6.45) is 5.72. The van der Waals surface area contributed by atoms with Crippen LogP contribution >= 0.6 is 0 Å². The molecule has 3 N–H and O–H groups in total. The molecule has 0 saturated heterocycles. The lowest BCUT2D eigenvalue weighted by Gasteiger charge is -2.38. The number of hydrogen-bond donors (Lipinski definition) is 2. The van der Waals surface area contributed by atoms with Crippen LogP contribution in [-0.4, -0.2) is 28.6 Å². The molecular weight excluding hydrogens is 210 g/mol. The van der Waals surface area contributed by atoms with Crippen LogP contribution in [-0.2, 0) is 9.92 Å². The van der Waals surface area contributed by atoms with E-state index in [-0.39, 0.29) is 5.54 Å². The predicted molar refractivity (Wildman–Crippen MR) is 65.0 cm³/mol. The Kier molecular flexibility index (Phi) is 4.14. The van der Waals surface area contributed by atoms with E-state index in [9.17, 15) is 4.21 Å². The van der Waals surface area contributed by atoms with Gasteiger partial charge in [-0.15, -0.1) is 0 Å². The highest BCUT2D eigenvalue weighted by molar-refractivity contribution is 7.90. The van der Waals surface area contributed by atoms with Gasteiger partial charge in [0.1, 0.15) is 9.92 Å². The summed E-state index contributed by atoms with van der Waals surface area (Å²) in [4.78, 5) is 0. The van der Waals surface area contributed by atoms with Gasteiger partial charge in [0.15, 0.2) is 0 Å². The van der Waals surface area contributed by atoms with Gasteiger partial charge in [0.05, 0.1) is 5.54 Å². The zero-order valence-corrected chi connectivity index (χ0v) is 10.8. The quantitative estimate of drug-likeness (QED) is 0.751. The highest BCUT2D eigenvalue weighted by atomic mass is 32.2. The molecule has 0 aromatic rings. The van der Waals surface area contributed by atoms with Crippen LogP contribution < -0.4 is 10.5 Å². The minimum absolute atomic E-state index is 0.0948. The normalized spacial score (nSPS) is 23.3. The topological polar surface area (TPSA) is 67.5 Å². The monoisotopic (exact) mass is 233 g/mol. The smallest absolute Gasteiger partial charge is 0.102 e. The van der Waals surface area contributed by atoms with Crippen LogP contribution in [0.5, 0.6) is 0 Å². The molecule has 0 aromatic carbocycles. The first-order valence-electron chi connectivity index (χ1n) is 5.57. The molecule has 15 heavy (non-hydrogen) atoms. The van der Waals surface area contributed by atoms with Crippen LogP contribution in [0, 0.1) is 0 Å². The van der Waals surface area contributed by atoms with E-state index in [1.54, 1.807) is 0 Å². The summed E-state index contributed by atoms with van der Waals surface area (Å²) in [6.45, 7) is 5.17. The van der Waals surface area contributed by atoms with Crippen LogP contribution in [0.4, 0.5) is 0 Å². The van der Waals surface area contributed by atoms with Crippen molar-refractivity contribution in [1.29, 1.82) is 0 Å². The van der Waals surface area contributed by atoms with Gasteiger partial charge in [0.2, 0.25) is 0 Å². The van der Waals surface area contributed by atoms with E-state index in [0.717, 1.165) is 25.8 Å². The van der Waals surface area contributed by atoms with E-state index >= 15 is 0 Å². The number of nitrogens with zero attached hydrogens (tertiary/aromatic N) is 1. The van der Waals surface area contributed by atoms with E-state index in [2.05, 4.69) is 23.5 Å². The molecule has 90 valence electrons. The molecule has 0 spiro atoms. The van der Waals surface area contributed by atoms with Crippen LogP contribution in [0.25, 0.3) is 0 Å². The maximum atomic E-state index is 11.5. The summed E-state index contributed by atoms with van der Waals surface area (Å²) in [6, 6.07) is 0.492. The molecule has 5 heteroatoms. The minimum atomic E-state index is -2.45. The SMILES string of the molecule is CC(C)NCCC1(N=S(C)(N)=O)CCC1. The molecule has 0 amide bonds. The van der Waals surface area contributed by atoms with Crippen LogP contribution in [0.3, 0.4) is 0 Å². The highest BCUT2D eigenvalue weighted by Gasteiger charge is 2.37. The zero-order valence-electron chi connectivity index (χ0n) is 9.95. The molecular formula is C10H23N3OS. The Bertz CT molecular complexity index is 307. The third-order valence-electron chi connectivity index (χ3n) is 2.80. The molecule has 1 aliphatic carbocycles. The second kappa shape index (κ2) is 4.80. The molecule has 0 aliphatic heterocycles. The van der Waals surface area contributed by atoms with Gasteiger partial charge in [0.25, 0.3) is 0 Å². The Morgan fingerprint density at radius 1 is 1.53 bits per heavy atom. The summed E-state index contributed by atoms with van der Waals surface area (Å²) in [7, 11) is -2.45. The Labute approximate surface area is 93.3 Å². The lowest BCUT2D eigenvalue weighted by molar-refractivity contribution is 0.233. The van der Waals surface area contributed by atoms with Crippen LogP contribution in [0.2, 0.25) is 0 Å². The third kappa shape index (κ3) is 4.49. The zero-order chi connectivity index (χ0) is 11.5. The molecule has 1 aliphatic rings. The molecule has 1 unspecified atom stereocenters. The van der Waals surface area contributed by atoms with E-state index in [4.69, 9.17) is 5.14 Å². The van der Waals surface area contributed by atoms with Crippen molar-refractivity contribution in [3.63, 3.8) is 0 Å². The fraction of sp³-hybridized carbons (Fsp3) is 1.00. The Morgan fingerprint density at radius 3 is 2.47 bits per heavy atom. The van der Waals surface area contributed by atoms with Gasteiger partial charge in [-0.3, -0.25) is 0 Å². The Morgan fingerprint density at radius 2 is 2.13 bits per heavy atom. The summed E-state index contributed by atoms with van der Waals surface area (Å²) < 4.78 is 15.8. The Hall–Kier alpha value is -0.130. The average molecular weight is 233 g/mol. The second-order valence-electron chi connectivity index (χ2n) is 4.89. The number of nitrogens with one attached hydrogen (secondary N) is 1. The third-order valence-corrected chi connectivity index (χ3v) is 3.55. The van der Waals surface area contributed by atoms with E-state index < -0.39 is 9.92 Å². The minimum Gasteiger partial charge on any atom is -0.314 e. The van der Waals surface area contributed by atoms with Crippen molar-refractivity contribution in [3.05, 3.63) is 0 Å². The summed E-state index contributed by atoms with van der Waals surface area (Å²) in [5, 5.41) is 8.86. The van der Waals surface area contributed by atoms with E-state index in [0.29, 0.717) is 6.04 Å². The number of hydrogen-bond acceptors (Lipinski definition) is 3. The van der Waals surface area contributed by atoms with Gasteiger partial charge >= 0.3 is 0 Å². The van der Waals surface area contributed by atoms with Crippen molar-refractivity contribution in [2.75, 3.05) is 12.8 Å². The van der Waals surface area contributed by atoms with Crippen molar-refractivity contribution >= 4 is 9.92 Å². The standard InChI is InChI=1S/C10H23N3OS/c1-9(2)12-8-7-10(5-4-6-10)13-15(3,11)14/h9,12H,4-8H2,1-3H3,(H2,11,13,14). The van der Waals surface area contributed by atoms with Gasteiger partial charge in [0, 0.05) is 12.3 Å². The molecule has 4 nitrogen and oxygen atoms in total. The molecule has 1 fully saturated rings. The summed E-state index contributed by atoms with van der Waals surface area (Å²) >= 11 is 0. The van der Waals surface area contributed by atoms with Gasteiger partial charge < -0.3 is 5.32 Å². The number of rotatable bonds is 5. The Balaban J connectivity index is 2.52. The van der Waals surface area contributed by atoms with E-state index in [1.807, 2.05) is 0 Å². The maximum absolute atomic E-state index is 11.5. The average Bonchev–Trinajstić information content (AvgIpc) is 1.96. The van der Waals surface area contributed by atoms with Crippen molar-refractivity contribution in [1.82, 2.24) is 5.32 Å². The largest absolute Gasteiger partial charge is 0.314 e. The fourth-order valence-corrected chi connectivity index (χ4v) is 2.99. The van der Waals surface area contributed by atoms with Crippen LogP contribution in [0.15, 0.2) is 4.36 Å². The van der Waals surface area contributed by atoms with Crippen molar-refractivity contribution < 1.29 is 4.21 Å². The van der Waals surface area contributed by atoms with Gasteiger partial charge in [-0.05, 0) is 32.2 Å². The summed E-state index contributed by atoms with van der Waals surface area (Å²) in [5.74, 6) is 0. The predicted octanol–water partition coefficient (Wildman–Crippen LogP) is 1.27.